The third-order valence-electron chi connectivity index (χ3n) is 2.46. The summed E-state index contributed by atoms with van der Waals surface area (Å²) < 4.78 is 20.6. The van der Waals surface area contributed by atoms with Crippen molar-refractivity contribution in [2.45, 2.75) is 0 Å². The molecule has 0 radical (unpaired) electrons. The van der Waals surface area contributed by atoms with E-state index in [1.54, 1.807) is 12.1 Å². The molecule has 0 amide bonds. The number of methoxy groups -OCH3 is 2. The van der Waals surface area contributed by atoms with E-state index in [0.717, 1.165) is 0 Å². The van der Waals surface area contributed by atoms with E-state index in [0.29, 0.717) is 11.5 Å². The normalized spacial score (nSPS) is 14.2. The van der Waals surface area contributed by atoms with Crippen LogP contribution in [-0.4, -0.2) is 20.2 Å². The van der Waals surface area contributed by atoms with Crippen molar-refractivity contribution in [1.82, 2.24) is 0 Å². The van der Waals surface area contributed by atoms with Crippen LogP contribution in [-0.2, 0) is 4.74 Å². The predicted octanol–water partition coefficient (Wildman–Crippen LogP) is 2.28. The first-order valence-electron chi connectivity index (χ1n) is 5.11. The number of hydrogen-bond donors (Lipinski definition) is 0. The summed E-state index contributed by atoms with van der Waals surface area (Å²) in [7, 11) is 2.95. The van der Waals surface area contributed by atoms with Gasteiger partial charge in [-0.05, 0) is 0 Å². The maximum atomic E-state index is 11.9. The quantitative estimate of drug-likeness (QED) is 0.751. The van der Waals surface area contributed by atoms with Crippen molar-refractivity contribution in [3.63, 3.8) is 0 Å². The monoisotopic (exact) mass is 248 g/mol. The third kappa shape index (κ3) is 1.90. The van der Waals surface area contributed by atoms with Crippen molar-refractivity contribution in [3.05, 3.63) is 42.4 Å². The molecule has 94 valence electrons. The predicted molar refractivity (Wildman–Crippen MR) is 63.9 cm³/mol. The number of carbonyl (C=O) groups excluding carboxylic acids is 1. The van der Waals surface area contributed by atoms with Crippen molar-refractivity contribution in [3.8, 4) is 17.2 Å². The molecule has 0 aromatic heterocycles. The van der Waals surface area contributed by atoms with Gasteiger partial charge in [0.2, 0.25) is 0 Å². The Balaban J connectivity index is 2.63. The minimum Gasteiger partial charge on any atom is -0.496 e. The van der Waals surface area contributed by atoms with Crippen LogP contribution in [0.15, 0.2) is 36.8 Å². The minimum absolute atomic E-state index is 0.0669. The Bertz CT molecular complexity index is 545. The number of hydrogen-bond acceptors (Lipinski definition) is 5. The van der Waals surface area contributed by atoms with Gasteiger partial charge in [-0.1, -0.05) is 13.2 Å². The van der Waals surface area contributed by atoms with Crippen LogP contribution >= 0.6 is 0 Å². The summed E-state index contributed by atoms with van der Waals surface area (Å²) in [6, 6.07) is 3.13. The highest BCUT2D eigenvalue weighted by molar-refractivity contribution is 5.97. The number of rotatable bonds is 2. The SMILES string of the molecule is C=C1OC(=O)c2c(OC)cc(OC)cc2OC1=C. The van der Waals surface area contributed by atoms with Gasteiger partial charge in [0.15, 0.2) is 11.5 Å². The van der Waals surface area contributed by atoms with Gasteiger partial charge in [0.25, 0.3) is 0 Å². The Morgan fingerprint density at radius 2 is 1.72 bits per heavy atom. The largest absolute Gasteiger partial charge is 0.496 e. The van der Waals surface area contributed by atoms with Gasteiger partial charge in [-0.15, -0.1) is 0 Å². The summed E-state index contributed by atoms with van der Waals surface area (Å²) in [4.78, 5) is 11.9. The highest BCUT2D eigenvalue weighted by atomic mass is 16.6. The summed E-state index contributed by atoms with van der Waals surface area (Å²) >= 11 is 0. The second-order valence-corrected chi connectivity index (χ2v) is 3.54. The van der Waals surface area contributed by atoms with Crippen LogP contribution < -0.4 is 14.2 Å². The molecule has 1 aromatic carbocycles. The second-order valence-electron chi connectivity index (χ2n) is 3.54. The van der Waals surface area contributed by atoms with E-state index in [9.17, 15) is 4.79 Å². The zero-order valence-electron chi connectivity index (χ0n) is 10.1. The molecule has 0 spiro atoms. The van der Waals surface area contributed by atoms with Gasteiger partial charge in [0.1, 0.15) is 22.8 Å². The topological polar surface area (TPSA) is 54.0 Å². The Morgan fingerprint density at radius 1 is 1.06 bits per heavy atom. The molecule has 1 aromatic rings. The van der Waals surface area contributed by atoms with Gasteiger partial charge in [-0.3, -0.25) is 0 Å². The zero-order valence-corrected chi connectivity index (χ0v) is 10.1. The Kier molecular flexibility index (Phi) is 2.97. The van der Waals surface area contributed by atoms with E-state index in [-0.39, 0.29) is 22.8 Å². The molecule has 0 N–H and O–H groups in total. The summed E-state index contributed by atoms with van der Waals surface area (Å²) in [5.41, 5.74) is 0.179. The van der Waals surface area contributed by atoms with Crippen LogP contribution in [0.3, 0.4) is 0 Å². The molecule has 2 rings (SSSR count). The Morgan fingerprint density at radius 3 is 2.33 bits per heavy atom. The summed E-state index contributed by atoms with van der Waals surface area (Å²) in [5, 5.41) is 0. The molecule has 0 atom stereocenters. The maximum absolute atomic E-state index is 11.9. The lowest BCUT2D eigenvalue weighted by Gasteiger charge is -2.11. The van der Waals surface area contributed by atoms with Crippen LogP contribution in [0.2, 0.25) is 0 Å². The van der Waals surface area contributed by atoms with E-state index in [2.05, 4.69) is 13.2 Å². The highest BCUT2D eigenvalue weighted by Crippen LogP contribution is 2.38. The van der Waals surface area contributed by atoms with E-state index in [4.69, 9.17) is 18.9 Å². The van der Waals surface area contributed by atoms with Crippen molar-refractivity contribution < 1.29 is 23.7 Å². The van der Waals surface area contributed by atoms with Gasteiger partial charge in [0.05, 0.1) is 14.2 Å². The first-order valence-corrected chi connectivity index (χ1v) is 5.11. The van der Waals surface area contributed by atoms with Crippen LogP contribution in [0.1, 0.15) is 10.4 Å². The van der Waals surface area contributed by atoms with E-state index in [1.807, 2.05) is 0 Å². The van der Waals surface area contributed by atoms with Crippen LogP contribution in [0, 0.1) is 0 Å². The van der Waals surface area contributed by atoms with Gasteiger partial charge >= 0.3 is 5.97 Å². The van der Waals surface area contributed by atoms with Crippen LogP contribution in [0.25, 0.3) is 0 Å². The van der Waals surface area contributed by atoms with E-state index >= 15 is 0 Å². The lowest BCUT2D eigenvalue weighted by atomic mass is 10.1. The molecule has 5 heteroatoms. The number of benzene rings is 1. The first kappa shape index (κ1) is 12.0. The molecular formula is C13H12O5. The van der Waals surface area contributed by atoms with Crippen molar-refractivity contribution in [2.75, 3.05) is 14.2 Å². The summed E-state index contributed by atoms with van der Waals surface area (Å²) in [6.45, 7) is 7.17. The molecule has 1 heterocycles. The fraction of sp³-hybridized carbons (Fsp3) is 0.154. The molecule has 0 aliphatic carbocycles. The highest BCUT2D eigenvalue weighted by Gasteiger charge is 2.27. The van der Waals surface area contributed by atoms with Crippen molar-refractivity contribution in [1.29, 1.82) is 0 Å². The zero-order chi connectivity index (χ0) is 13.3. The molecule has 1 aliphatic heterocycles. The lowest BCUT2D eigenvalue weighted by molar-refractivity contribution is 0.0632. The number of fused-ring (bicyclic) bond motifs is 1. The fourth-order valence-corrected chi connectivity index (χ4v) is 1.54. The maximum Gasteiger partial charge on any atom is 0.351 e. The molecule has 18 heavy (non-hydrogen) atoms. The fourth-order valence-electron chi connectivity index (χ4n) is 1.54. The molecular weight excluding hydrogens is 236 g/mol. The summed E-state index contributed by atoms with van der Waals surface area (Å²) in [6.07, 6.45) is 0. The van der Waals surface area contributed by atoms with Gasteiger partial charge in [-0.25, -0.2) is 4.79 Å². The van der Waals surface area contributed by atoms with E-state index in [1.165, 1.54) is 14.2 Å². The Hall–Kier alpha value is -2.43. The number of carbonyl (C=O) groups is 1. The third-order valence-corrected chi connectivity index (χ3v) is 2.46. The number of cyclic esters (lactones) is 1. The first-order chi connectivity index (χ1) is 8.56. The van der Waals surface area contributed by atoms with Crippen LogP contribution in [0.5, 0.6) is 17.2 Å². The average molecular weight is 248 g/mol. The van der Waals surface area contributed by atoms with Crippen LogP contribution in [0.4, 0.5) is 0 Å². The minimum atomic E-state index is -0.604. The molecule has 1 aliphatic rings. The molecule has 0 unspecified atom stereocenters. The molecule has 0 saturated carbocycles. The molecule has 0 bridgehead atoms. The molecule has 0 saturated heterocycles. The molecule has 0 fully saturated rings. The lowest BCUT2D eigenvalue weighted by Crippen LogP contribution is -2.04. The summed E-state index contributed by atoms with van der Waals surface area (Å²) in [5.74, 6) is 0.693. The second kappa shape index (κ2) is 4.44. The number of ether oxygens (including phenoxy) is 4. The molecule has 5 nitrogen and oxygen atoms in total. The smallest absolute Gasteiger partial charge is 0.351 e. The van der Waals surface area contributed by atoms with Gasteiger partial charge in [-0.2, -0.15) is 0 Å². The Labute approximate surface area is 104 Å². The average Bonchev–Trinajstić information content (AvgIpc) is 2.46. The number of esters is 1. The van der Waals surface area contributed by atoms with Crippen molar-refractivity contribution in [2.24, 2.45) is 0 Å². The van der Waals surface area contributed by atoms with E-state index < -0.39 is 5.97 Å². The standard InChI is InChI=1S/C13H12O5/c1-7-8(2)18-13(14)12-10(16-4)5-9(15-3)6-11(12)17-7/h5-6H,1-2H2,3-4H3. The van der Waals surface area contributed by atoms with Gasteiger partial charge in [0, 0.05) is 12.1 Å². The van der Waals surface area contributed by atoms with Crippen molar-refractivity contribution >= 4 is 5.97 Å². The van der Waals surface area contributed by atoms with Gasteiger partial charge < -0.3 is 18.9 Å².